The van der Waals surface area contributed by atoms with Crippen molar-refractivity contribution in [3.05, 3.63) is 42.6 Å². The molecule has 0 saturated carbocycles. The quantitative estimate of drug-likeness (QED) is 0.807. The number of carbonyl (C=O) groups is 2. The summed E-state index contributed by atoms with van der Waals surface area (Å²) in [4.78, 5) is 31.0. The van der Waals surface area contributed by atoms with Crippen molar-refractivity contribution in [2.45, 2.75) is 13.0 Å². The predicted molar refractivity (Wildman–Crippen MR) is 87.4 cm³/mol. The van der Waals surface area contributed by atoms with E-state index in [0.29, 0.717) is 17.3 Å². The van der Waals surface area contributed by atoms with Gasteiger partial charge in [0.15, 0.2) is 0 Å². The van der Waals surface area contributed by atoms with E-state index in [9.17, 15) is 9.59 Å². The summed E-state index contributed by atoms with van der Waals surface area (Å²) in [5, 5.41) is 0. The summed E-state index contributed by atoms with van der Waals surface area (Å²) in [6.07, 6.45) is 1.44. The Labute approximate surface area is 139 Å². The smallest absolute Gasteiger partial charge is 0.331 e. The van der Waals surface area contributed by atoms with Crippen LogP contribution in [0.15, 0.2) is 42.6 Å². The molecule has 1 saturated heterocycles. The van der Waals surface area contributed by atoms with Gasteiger partial charge >= 0.3 is 6.03 Å². The molecular weight excluding hydrogens is 310 g/mol. The van der Waals surface area contributed by atoms with Crippen LogP contribution in [0.5, 0.6) is 17.4 Å². The first-order valence-corrected chi connectivity index (χ1v) is 7.40. The zero-order valence-corrected chi connectivity index (χ0v) is 13.6. The highest BCUT2D eigenvalue weighted by Gasteiger charge is 2.41. The van der Waals surface area contributed by atoms with Crippen LogP contribution in [-0.4, -0.2) is 42.0 Å². The van der Waals surface area contributed by atoms with E-state index in [4.69, 9.17) is 9.47 Å². The van der Waals surface area contributed by atoms with Crippen molar-refractivity contribution < 1.29 is 19.1 Å². The van der Waals surface area contributed by atoms with E-state index < -0.39 is 6.04 Å². The Balaban J connectivity index is 1.76. The Morgan fingerprint density at radius 2 is 1.71 bits per heavy atom. The van der Waals surface area contributed by atoms with Gasteiger partial charge in [-0.15, -0.1) is 0 Å². The van der Waals surface area contributed by atoms with Gasteiger partial charge in [-0.1, -0.05) is 0 Å². The molecule has 1 aliphatic heterocycles. The second-order valence-electron chi connectivity index (χ2n) is 5.38. The first kappa shape index (κ1) is 15.8. The fourth-order valence-corrected chi connectivity index (χ4v) is 2.34. The maximum Gasteiger partial charge on any atom is 0.331 e. The number of imide groups is 1. The highest BCUT2D eigenvalue weighted by Crippen LogP contribution is 2.27. The van der Waals surface area contributed by atoms with Gasteiger partial charge in [0.2, 0.25) is 5.88 Å². The van der Waals surface area contributed by atoms with Gasteiger partial charge in [-0.2, -0.15) is 0 Å². The number of nitrogens with zero attached hydrogens (tertiary/aromatic N) is 3. The number of anilines is 1. The average Bonchev–Trinajstić information content (AvgIpc) is 2.80. The molecule has 1 fully saturated rings. The number of rotatable bonds is 4. The van der Waals surface area contributed by atoms with Gasteiger partial charge in [0.1, 0.15) is 17.5 Å². The molecule has 1 aromatic carbocycles. The van der Waals surface area contributed by atoms with E-state index in [0.717, 1.165) is 10.6 Å². The molecule has 0 spiro atoms. The lowest BCUT2D eigenvalue weighted by Gasteiger charge is -2.14. The molecule has 1 unspecified atom stereocenters. The molecule has 24 heavy (non-hydrogen) atoms. The zero-order valence-electron chi connectivity index (χ0n) is 13.6. The number of likely N-dealkylation sites (N-methyl/N-ethyl adjacent to an activating group) is 1. The first-order chi connectivity index (χ1) is 11.5. The van der Waals surface area contributed by atoms with Crippen molar-refractivity contribution in [3.63, 3.8) is 0 Å². The molecule has 2 aromatic rings. The van der Waals surface area contributed by atoms with Crippen LogP contribution in [0.2, 0.25) is 0 Å². The molecule has 7 nitrogen and oxygen atoms in total. The van der Waals surface area contributed by atoms with Gasteiger partial charge in [-0.25, -0.2) is 14.7 Å². The highest BCUT2D eigenvalue weighted by atomic mass is 16.5. The van der Waals surface area contributed by atoms with E-state index in [2.05, 4.69) is 4.98 Å². The number of amides is 3. The van der Waals surface area contributed by atoms with Crippen LogP contribution in [-0.2, 0) is 4.79 Å². The molecule has 2 heterocycles. The van der Waals surface area contributed by atoms with Gasteiger partial charge in [0.05, 0.1) is 19.0 Å². The molecule has 1 aromatic heterocycles. The topological polar surface area (TPSA) is 72.0 Å². The second kappa shape index (κ2) is 6.19. The predicted octanol–water partition coefficient (Wildman–Crippen LogP) is 2.67. The molecule has 3 rings (SSSR count). The Morgan fingerprint density at radius 3 is 2.21 bits per heavy atom. The van der Waals surface area contributed by atoms with Crippen LogP contribution in [0, 0.1) is 0 Å². The van der Waals surface area contributed by atoms with Crippen molar-refractivity contribution in [1.29, 1.82) is 0 Å². The maximum atomic E-state index is 12.2. The molecule has 1 atom stereocenters. The van der Waals surface area contributed by atoms with Crippen molar-refractivity contribution in [3.8, 4) is 17.4 Å². The fourth-order valence-electron chi connectivity index (χ4n) is 2.34. The summed E-state index contributed by atoms with van der Waals surface area (Å²) in [7, 11) is 3.19. The number of methoxy groups -OCH3 is 1. The zero-order chi connectivity index (χ0) is 17.3. The van der Waals surface area contributed by atoms with Crippen LogP contribution in [0.4, 0.5) is 10.5 Å². The summed E-state index contributed by atoms with van der Waals surface area (Å²) in [5.41, 5.74) is 0.420. The monoisotopic (exact) mass is 327 g/mol. The second-order valence-corrected chi connectivity index (χ2v) is 5.38. The van der Waals surface area contributed by atoms with E-state index >= 15 is 0 Å². The summed E-state index contributed by atoms with van der Waals surface area (Å²) in [6, 6.07) is 9.49. The fraction of sp³-hybridized carbons (Fsp3) is 0.235. The molecule has 0 radical (unpaired) electrons. The van der Waals surface area contributed by atoms with Crippen molar-refractivity contribution in [2.24, 2.45) is 0 Å². The summed E-state index contributed by atoms with van der Waals surface area (Å²) in [6.45, 7) is 1.69. The highest BCUT2D eigenvalue weighted by molar-refractivity contribution is 6.20. The Morgan fingerprint density at radius 1 is 1.04 bits per heavy atom. The molecule has 0 bridgehead atoms. The van der Waals surface area contributed by atoms with Crippen LogP contribution in [0.1, 0.15) is 6.92 Å². The molecular formula is C17H17N3O4. The number of pyridine rings is 1. The molecule has 124 valence electrons. The van der Waals surface area contributed by atoms with Crippen molar-refractivity contribution in [1.82, 2.24) is 9.88 Å². The molecule has 0 aliphatic carbocycles. The number of benzene rings is 1. The lowest BCUT2D eigenvalue weighted by molar-refractivity contribution is -0.119. The van der Waals surface area contributed by atoms with Gasteiger partial charge in [0.25, 0.3) is 5.91 Å². The van der Waals surface area contributed by atoms with Gasteiger partial charge < -0.3 is 14.4 Å². The largest absolute Gasteiger partial charge is 0.497 e. The van der Waals surface area contributed by atoms with Gasteiger partial charge in [-0.05, 0) is 37.3 Å². The van der Waals surface area contributed by atoms with Crippen LogP contribution in [0.3, 0.4) is 0 Å². The standard InChI is InChI=1S/C17H17N3O4/c1-11-16(21)20(17(22)19(11)2)12-4-9-15(18-10-12)24-14-7-5-13(23-3)6-8-14/h4-11H,1-3H3. The third kappa shape index (κ3) is 2.76. The SMILES string of the molecule is COc1ccc(Oc2ccc(N3C(=O)C(C)N(C)C3=O)cn2)cc1. The normalized spacial score (nSPS) is 17.4. The number of aromatic nitrogens is 1. The number of hydrogen-bond donors (Lipinski definition) is 0. The lowest BCUT2D eigenvalue weighted by Crippen LogP contribution is -2.31. The van der Waals surface area contributed by atoms with E-state index in [-0.39, 0.29) is 11.9 Å². The number of urea groups is 1. The Kier molecular flexibility index (Phi) is 4.07. The van der Waals surface area contributed by atoms with Crippen LogP contribution >= 0.6 is 0 Å². The first-order valence-electron chi connectivity index (χ1n) is 7.40. The molecule has 1 aliphatic rings. The average molecular weight is 327 g/mol. The minimum absolute atomic E-state index is 0.270. The third-order valence-corrected chi connectivity index (χ3v) is 3.91. The van der Waals surface area contributed by atoms with Crippen LogP contribution < -0.4 is 14.4 Å². The minimum atomic E-state index is -0.479. The number of carbonyl (C=O) groups excluding carboxylic acids is 2. The van der Waals surface area contributed by atoms with Crippen molar-refractivity contribution in [2.75, 3.05) is 19.1 Å². The van der Waals surface area contributed by atoms with Crippen molar-refractivity contribution >= 4 is 17.6 Å². The Bertz CT molecular complexity index is 738. The van der Waals surface area contributed by atoms with E-state index in [1.165, 1.54) is 11.1 Å². The van der Waals surface area contributed by atoms with E-state index in [1.54, 1.807) is 57.5 Å². The number of hydrogen-bond acceptors (Lipinski definition) is 5. The molecule has 3 amide bonds. The minimum Gasteiger partial charge on any atom is -0.497 e. The van der Waals surface area contributed by atoms with Crippen LogP contribution in [0.25, 0.3) is 0 Å². The molecule has 7 heteroatoms. The van der Waals surface area contributed by atoms with Gasteiger partial charge in [-0.3, -0.25) is 4.79 Å². The summed E-state index contributed by atoms with van der Waals surface area (Å²) < 4.78 is 10.7. The lowest BCUT2D eigenvalue weighted by atomic mass is 10.3. The van der Waals surface area contributed by atoms with E-state index in [1.807, 2.05) is 0 Å². The van der Waals surface area contributed by atoms with Gasteiger partial charge in [0, 0.05) is 13.1 Å². The summed E-state index contributed by atoms with van der Waals surface area (Å²) >= 11 is 0. The number of ether oxygens (including phenoxy) is 2. The molecule has 0 N–H and O–H groups in total. The Hall–Kier alpha value is -3.09. The maximum absolute atomic E-state index is 12.2. The third-order valence-electron chi connectivity index (χ3n) is 3.91. The summed E-state index contributed by atoms with van der Waals surface area (Å²) in [5.74, 6) is 1.44.